The number of unbranched alkanes of at least 4 members (excludes halogenated alkanes) is 35. The van der Waals surface area contributed by atoms with Crippen LogP contribution in [0, 0.1) is 11.8 Å². The van der Waals surface area contributed by atoms with Crippen LogP contribution in [0.3, 0.4) is 0 Å². The van der Waals surface area contributed by atoms with E-state index in [0.29, 0.717) is 6.61 Å². The molecule has 0 aliphatic carbocycles. The van der Waals surface area contributed by atoms with Crippen molar-refractivity contribution in [1.82, 2.24) is 4.90 Å². The highest BCUT2D eigenvalue weighted by molar-refractivity contribution is 5.32. The molecule has 0 aromatic carbocycles. The minimum absolute atomic E-state index is 0.250. The quantitative estimate of drug-likeness (QED) is 0.0470. The first-order valence-corrected chi connectivity index (χ1v) is 30.1. The van der Waals surface area contributed by atoms with Crippen molar-refractivity contribution in [2.45, 2.75) is 329 Å². The first-order chi connectivity index (χ1) is 32.1. The molecule has 2 atom stereocenters. The molecule has 2 unspecified atom stereocenters. The lowest BCUT2D eigenvalue weighted by Gasteiger charge is -2.22. The number of aliphatic hydroxyl groups excluding tert-OH is 1. The predicted molar refractivity (Wildman–Crippen MR) is 290 cm³/mol. The minimum Gasteiger partial charge on any atom is -0.483 e. The topological polar surface area (TPSA) is 70.0 Å². The molecule has 2 N–H and O–H groups in total. The van der Waals surface area contributed by atoms with Gasteiger partial charge in [-0.1, -0.05) is 285 Å². The van der Waals surface area contributed by atoms with Gasteiger partial charge in [0.15, 0.2) is 0 Å². The first kappa shape index (κ1) is 66.4. The summed E-state index contributed by atoms with van der Waals surface area (Å²) in [6, 6.07) is 0. The minimum atomic E-state index is -0.250. The van der Waals surface area contributed by atoms with Crippen molar-refractivity contribution in [3.63, 3.8) is 0 Å². The van der Waals surface area contributed by atoms with E-state index < -0.39 is 0 Å². The molecular weight excluding hydrogens is 799 g/mol. The number of carboxylic acid groups (broad SMARTS) is 1. The van der Waals surface area contributed by atoms with Gasteiger partial charge in [0.2, 0.25) is 0 Å². The Labute approximate surface area is 410 Å². The van der Waals surface area contributed by atoms with Gasteiger partial charge in [0.05, 0.1) is 0 Å². The van der Waals surface area contributed by atoms with Gasteiger partial charge in [-0.15, -0.1) is 0 Å². The van der Waals surface area contributed by atoms with Crippen LogP contribution in [0.2, 0.25) is 0 Å². The first-order valence-electron chi connectivity index (χ1n) is 30.1. The van der Waals surface area contributed by atoms with E-state index in [1.165, 1.54) is 309 Å². The highest BCUT2D eigenvalue weighted by atomic mass is 16.5. The largest absolute Gasteiger partial charge is 0.483 e. The summed E-state index contributed by atoms with van der Waals surface area (Å²) in [4.78, 5) is 11.1. The Balaban J connectivity index is 0. The monoisotopic (exact) mass is 922 g/mol. The van der Waals surface area contributed by atoms with Crippen molar-refractivity contribution < 1.29 is 19.7 Å². The summed E-state index contributed by atoms with van der Waals surface area (Å²) in [5.41, 5.74) is 0. The number of hydrogen-bond donors (Lipinski definition) is 2. The van der Waals surface area contributed by atoms with Gasteiger partial charge in [-0.05, 0) is 76.4 Å². The summed E-state index contributed by atoms with van der Waals surface area (Å²) in [6.45, 7) is 15.1. The van der Waals surface area contributed by atoms with E-state index in [9.17, 15) is 5.11 Å². The van der Waals surface area contributed by atoms with Crippen LogP contribution in [-0.2, 0) is 9.53 Å². The van der Waals surface area contributed by atoms with E-state index in [1.807, 2.05) is 0 Å². The fourth-order valence-corrected chi connectivity index (χ4v) is 10.1. The van der Waals surface area contributed by atoms with Crippen LogP contribution in [-0.4, -0.2) is 61.0 Å². The molecule has 0 aliphatic heterocycles. The third kappa shape index (κ3) is 57.6. The zero-order valence-corrected chi connectivity index (χ0v) is 45.4. The lowest BCUT2D eigenvalue weighted by Crippen LogP contribution is -2.27. The van der Waals surface area contributed by atoms with Crippen LogP contribution in [0.25, 0.3) is 0 Å². The van der Waals surface area contributed by atoms with Gasteiger partial charge in [0.1, 0.15) is 0 Å². The van der Waals surface area contributed by atoms with Crippen LogP contribution in [0.1, 0.15) is 329 Å². The maximum atomic E-state index is 9.36. The van der Waals surface area contributed by atoms with Crippen LogP contribution in [0.5, 0.6) is 0 Å². The molecule has 0 bridgehead atoms. The zero-order chi connectivity index (χ0) is 47.6. The number of carbonyl (C=O) groups is 1. The van der Waals surface area contributed by atoms with Gasteiger partial charge in [-0.3, -0.25) is 4.79 Å². The fourth-order valence-electron chi connectivity index (χ4n) is 10.1. The highest BCUT2D eigenvalue weighted by Gasteiger charge is 2.11. The van der Waals surface area contributed by atoms with E-state index in [-0.39, 0.29) is 6.47 Å². The Kier molecular flexibility index (Phi) is 62.7. The van der Waals surface area contributed by atoms with Gasteiger partial charge in [-0.25, -0.2) is 0 Å². The van der Waals surface area contributed by atoms with E-state index in [2.05, 4.69) is 32.6 Å². The molecule has 0 rings (SSSR count). The maximum absolute atomic E-state index is 9.36. The van der Waals surface area contributed by atoms with E-state index in [1.54, 1.807) is 0 Å². The van der Waals surface area contributed by atoms with Crippen LogP contribution in [0.15, 0.2) is 0 Å². The molecule has 0 radical (unpaired) electrons. The molecule has 0 spiro atoms. The van der Waals surface area contributed by atoms with E-state index in [4.69, 9.17) is 14.6 Å². The number of rotatable bonds is 56. The highest BCUT2D eigenvalue weighted by Crippen LogP contribution is 2.25. The molecule has 0 aliphatic rings. The Bertz CT molecular complexity index is 825. The van der Waals surface area contributed by atoms with Gasteiger partial charge < -0.3 is 19.8 Å². The second-order valence-electron chi connectivity index (χ2n) is 20.9. The molecule has 0 heterocycles. The van der Waals surface area contributed by atoms with Crippen molar-refractivity contribution in [2.24, 2.45) is 11.8 Å². The summed E-state index contributed by atoms with van der Waals surface area (Å²) < 4.78 is 6.25. The number of hydrogen-bond acceptors (Lipinski definition) is 4. The third-order valence-electron chi connectivity index (χ3n) is 14.4. The molecular formula is C60H123NO4. The molecule has 0 aromatic rings. The third-order valence-corrected chi connectivity index (χ3v) is 14.4. The van der Waals surface area contributed by atoms with Crippen molar-refractivity contribution in [3.8, 4) is 0 Å². The number of aliphatic hydroxyl groups is 1. The van der Waals surface area contributed by atoms with Crippen molar-refractivity contribution in [2.75, 3.05) is 39.5 Å². The Morgan fingerprint density at radius 2 is 0.600 bits per heavy atom. The summed E-state index contributed by atoms with van der Waals surface area (Å²) in [5.74, 6) is 1.82. The Morgan fingerprint density at radius 1 is 0.354 bits per heavy atom. The summed E-state index contributed by atoms with van der Waals surface area (Å²) in [7, 11) is 0. The predicted octanol–water partition coefficient (Wildman–Crippen LogP) is 19.6. The molecule has 5 nitrogen and oxygen atoms in total. The lowest BCUT2D eigenvalue weighted by molar-refractivity contribution is -0.122. The van der Waals surface area contributed by atoms with Crippen LogP contribution < -0.4 is 0 Å². The van der Waals surface area contributed by atoms with Crippen molar-refractivity contribution in [1.29, 1.82) is 0 Å². The zero-order valence-electron chi connectivity index (χ0n) is 45.4. The van der Waals surface area contributed by atoms with Crippen molar-refractivity contribution >= 4 is 6.47 Å². The number of nitrogens with zero attached hydrogens (tertiary/aromatic N) is 1. The fraction of sp³-hybridized carbons (Fsp3) is 0.983. The van der Waals surface area contributed by atoms with E-state index >= 15 is 0 Å². The standard InChI is InChI=1S/C59H121NO2.CH2O2/c1-5-9-13-17-31-39-48-58(47-37-15-11-7-3)49-40-33-27-23-19-20-24-28-34-42-52-60(54-44-45-55-61)53-43-35-29-25-21-22-26-30-36-46-56-62-57-59(50-38-16-12-8-4)51-41-32-18-14-10-6-2;2-1-3/h58-59,61H,5-57H2,1-4H3;1H,(H,2,3). The molecule has 0 amide bonds. The summed E-state index contributed by atoms with van der Waals surface area (Å²) >= 11 is 0. The summed E-state index contributed by atoms with van der Waals surface area (Å²) in [5, 5.41) is 16.2. The molecule has 0 aromatic heterocycles. The SMILES string of the molecule is CCCCCCCCC(CCCCCC)CCCCCCCCCCCCN(CCCCO)CCCCCCCCCCCCOCC(CCCCCC)CCCCCCCC.O=CO. The van der Waals surface area contributed by atoms with E-state index in [0.717, 1.165) is 37.9 Å². The Hall–Kier alpha value is -0.650. The maximum Gasteiger partial charge on any atom is 0.290 e. The molecule has 0 saturated heterocycles. The second kappa shape index (κ2) is 61.4. The summed E-state index contributed by atoms with van der Waals surface area (Å²) in [6.07, 6.45) is 66.1. The molecule has 0 fully saturated rings. The molecule has 65 heavy (non-hydrogen) atoms. The Morgan fingerprint density at radius 3 is 0.923 bits per heavy atom. The molecule has 0 saturated carbocycles. The van der Waals surface area contributed by atoms with Gasteiger partial charge in [0.25, 0.3) is 6.47 Å². The average Bonchev–Trinajstić information content (AvgIpc) is 3.31. The lowest BCUT2D eigenvalue weighted by atomic mass is 9.89. The van der Waals surface area contributed by atoms with Crippen LogP contribution in [0.4, 0.5) is 0 Å². The average molecular weight is 923 g/mol. The van der Waals surface area contributed by atoms with Gasteiger partial charge in [-0.2, -0.15) is 0 Å². The number of ether oxygens (including phenoxy) is 1. The normalized spacial score (nSPS) is 12.5. The molecule has 392 valence electrons. The smallest absolute Gasteiger partial charge is 0.290 e. The van der Waals surface area contributed by atoms with Gasteiger partial charge in [0, 0.05) is 19.8 Å². The second-order valence-corrected chi connectivity index (χ2v) is 20.9. The molecule has 5 heteroatoms. The van der Waals surface area contributed by atoms with Crippen LogP contribution >= 0.6 is 0 Å². The van der Waals surface area contributed by atoms with Gasteiger partial charge >= 0.3 is 0 Å². The van der Waals surface area contributed by atoms with Crippen molar-refractivity contribution in [3.05, 3.63) is 0 Å².